The fourth-order valence-electron chi connectivity index (χ4n) is 5.79. The van der Waals surface area contributed by atoms with E-state index in [1.165, 1.54) is 23.1 Å². The first kappa shape index (κ1) is 32.0. The fraction of sp³-hybridized carbons (Fsp3) is 0.135. The van der Waals surface area contributed by atoms with Crippen molar-refractivity contribution in [2.75, 3.05) is 12.4 Å². The number of amides is 1. The minimum Gasteiger partial charge on any atom is -0.477 e. The van der Waals surface area contributed by atoms with Crippen molar-refractivity contribution in [1.29, 1.82) is 0 Å². The number of thiophene rings is 1. The summed E-state index contributed by atoms with van der Waals surface area (Å²) in [6.45, 7) is 2.43. The number of benzene rings is 3. The number of carbonyl (C=O) groups is 1. The summed E-state index contributed by atoms with van der Waals surface area (Å²) < 4.78 is 7.89. The topological polar surface area (TPSA) is 128 Å². The number of H-pyrrole nitrogens is 1. The lowest BCUT2D eigenvalue weighted by Crippen LogP contribution is -2.38. The Labute approximate surface area is 290 Å². The number of fused-ring (bicyclic) bond motifs is 1. The molecule has 1 amide bonds. The molecule has 7 aromatic rings. The van der Waals surface area contributed by atoms with Gasteiger partial charge in [0.2, 0.25) is 16.9 Å². The van der Waals surface area contributed by atoms with E-state index in [1.807, 2.05) is 71.6 Å². The summed E-state index contributed by atoms with van der Waals surface area (Å²) >= 11 is 2.83. The molecule has 7 rings (SSSR count). The van der Waals surface area contributed by atoms with Gasteiger partial charge in [0.15, 0.2) is 0 Å². The molecule has 3 aromatic carbocycles. The lowest BCUT2D eigenvalue weighted by molar-refractivity contribution is 0.0940. The van der Waals surface area contributed by atoms with Crippen LogP contribution in [0.5, 0.6) is 5.88 Å². The van der Waals surface area contributed by atoms with Crippen LogP contribution >= 0.6 is 23.1 Å². The second kappa shape index (κ2) is 14.3. The van der Waals surface area contributed by atoms with E-state index in [-0.39, 0.29) is 17.9 Å². The van der Waals surface area contributed by atoms with Gasteiger partial charge in [-0.3, -0.25) is 9.59 Å². The summed E-state index contributed by atoms with van der Waals surface area (Å²) in [6.07, 6.45) is 3.42. The molecule has 0 bridgehead atoms. The highest BCUT2D eigenvalue weighted by molar-refractivity contribution is 7.99. The molecule has 2 N–H and O–H groups in total. The van der Waals surface area contributed by atoms with Crippen molar-refractivity contribution >= 4 is 39.2 Å². The molecule has 10 nitrogen and oxygen atoms in total. The number of aromatic amines is 1. The van der Waals surface area contributed by atoms with Gasteiger partial charge in [-0.05, 0) is 46.2 Å². The van der Waals surface area contributed by atoms with Gasteiger partial charge in [0, 0.05) is 24.6 Å². The van der Waals surface area contributed by atoms with Gasteiger partial charge in [0.05, 0.1) is 12.0 Å². The van der Waals surface area contributed by atoms with Crippen molar-refractivity contribution in [3.8, 4) is 5.88 Å². The third kappa shape index (κ3) is 6.60. The Morgan fingerprint density at radius 2 is 1.59 bits per heavy atom. The van der Waals surface area contributed by atoms with Gasteiger partial charge in [-0.25, -0.2) is 19.6 Å². The van der Waals surface area contributed by atoms with Crippen LogP contribution in [0.3, 0.4) is 0 Å². The number of hydrogen-bond donors (Lipinski definition) is 2. The van der Waals surface area contributed by atoms with Crippen LogP contribution in [0, 0.1) is 6.92 Å². The van der Waals surface area contributed by atoms with Crippen molar-refractivity contribution in [1.82, 2.24) is 35.0 Å². The zero-order valence-electron chi connectivity index (χ0n) is 26.4. The molecule has 244 valence electrons. The third-order valence-electron chi connectivity index (χ3n) is 8.05. The van der Waals surface area contributed by atoms with Crippen LogP contribution in [0.2, 0.25) is 0 Å². The van der Waals surface area contributed by atoms with Crippen LogP contribution in [0.15, 0.2) is 131 Å². The summed E-state index contributed by atoms with van der Waals surface area (Å²) in [4.78, 5) is 41.6. The van der Waals surface area contributed by atoms with Gasteiger partial charge < -0.3 is 15.0 Å². The van der Waals surface area contributed by atoms with Crippen molar-refractivity contribution in [3.63, 3.8) is 0 Å². The quantitative estimate of drug-likeness (QED) is 0.0882. The maximum atomic E-state index is 12.8. The highest BCUT2D eigenvalue weighted by Crippen LogP contribution is 2.40. The minimum atomic E-state index is -0.729. The van der Waals surface area contributed by atoms with Gasteiger partial charge in [-0.15, -0.1) is 16.4 Å². The van der Waals surface area contributed by atoms with Crippen molar-refractivity contribution < 1.29 is 9.53 Å². The van der Waals surface area contributed by atoms with Crippen molar-refractivity contribution in [2.45, 2.75) is 24.2 Å². The van der Waals surface area contributed by atoms with Crippen LogP contribution in [0.25, 0.3) is 10.2 Å². The van der Waals surface area contributed by atoms with E-state index in [9.17, 15) is 9.59 Å². The molecular formula is C37H31N7O3S2. The molecular weight excluding hydrogens is 655 g/mol. The average molecular weight is 686 g/mol. The standard InChI is InChI=1S/C37H31N7O3S2/c1-25-23-49-35-31(25)33(45)41-32(42-35)34(46)39-22-26-17-18-38-30(21-26)47-19-20-48-36-40-24-44(43-36)37(27-11-5-2-6-12-27,28-13-7-3-8-14-28)29-15-9-4-10-16-29/h2-18,21,23-24H,19-20,22H2,1H3,(H,39,46)(H,41,42,45). The summed E-state index contributed by atoms with van der Waals surface area (Å²) in [5.41, 5.74) is 3.79. The van der Waals surface area contributed by atoms with Crippen LogP contribution < -0.4 is 15.6 Å². The number of ether oxygens (including phenoxy) is 1. The van der Waals surface area contributed by atoms with E-state index < -0.39 is 11.4 Å². The molecule has 0 spiro atoms. The number of aromatic nitrogens is 6. The maximum absolute atomic E-state index is 12.8. The van der Waals surface area contributed by atoms with Crippen LogP contribution in [-0.4, -0.2) is 48.0 Å². The van der Waals surface area contributed by atoms with E-state index in [0.717, 1.165) is 27.8 Å². The number of rotatable bonds is 12. The Hall–Kier alpha value is -5.59. The van der Waals surface area contributed by atoms with Gasteiger partial charge >= 0.3 is 0 Å². The molecule has 4 aromatic heterocycles. The summed E-state index contributed by atoms with van der Waals surface area (Å²) in [5, 5.41) is 10.8. The largest absolute Gasteiger partial charge is 0.477 e. The first-order valence-electron chi connectivity index (χ1n) is 15.6. The molecule has 0 saturated carbocycles. The number of nitrogens with one attached hydrogen (secondary N) is 2. The predicted octanol–water partition coefficient (Wildman–Crippen LogP) is 6.22. The number of carbonyl (C=O) groups excluding carboxylic acids is 1. The number of nitrogens with zero attached hydrogens (tertiary/aromatic N) is 5. The number of aryl methyl sites for hydroxylation is 1. The van der Waals surface area contributed by atoms with Gasteiger partial charge in [0.1, 0.15) is 16.7 Å². The molecule has 0 atom stereocenters. The van der Waals surface area contributed by atoms with E-state index in [1.54, 1.807) is 24.7 Å². The molecule has 0 aliphatic rings. The monoisotopic (exact) mass is 685 g/mol. The predicted molar refractivity (Wildman–Crippen MR) is 191 cm³/mol. The molecule has 49 heavy (non-hydrogen) atoms. The average Bonchev–Trinajstić information content (AvgIpc) is 3.78. The Bertz CT molecular complexity index is 2160. The Balaban J connectivity index is 1.01. The van der Waals surface area contributed by atoms with E-state index in [2.05, 4.69) is 61.7 Å². The van der Waals surface area contributed by atoms with Crippen LogP contribution in [0.1, 0.15) is 38.4 Å². The first-order chi connectivity index (χ1) is 24.0. The van der Waals surface area contributed by atoms with E-state index >= 15 is 0 Å². The number of hydrogen-bond acceptors (Lipinski definition) is 9. The number of thioether (sulfide) groups is 1. The normalized spacial score (nSPS) is 11.4. The van der Waals surface area contributed by atoms with Gasteiger partial charge in [-0.2, -0.15) is 0 Å². The third-order valence-corrected chi connectivity index (χ3v) is 9.86. The van der Waals surface area contributed by atoms with Crippen LogP contribution in [0.4, 0.5) is 0 Å². The zero-order valence-corrected chi connectivity index (χ0v) is 28.1. The lowest BCUT2D eigenvalue weighted by Gasteiger charge is -2.35. The molecule has 0 radical (unpaired) electrons. The smallest absolute Gasteiger partial charge is 0.287 e. The van der Waals surface area contributed by atoms with E-state index in [4.69, 9.17) is 9.84 Å². The Kier molecular flexibility index (Phi) is 9.31. The Morgan fingerprint density at radius 1 is 0.939 bits per heavy atom. The second-order valence-corrected chi connectivity index (χ2v) is 13.1. The van der Waals surface area contributed by atoms with Crippen LogP contribution in [-0.2, 0) is 12.1 Å². The van der Waals surface area contributed by atoms with Crippen molar-refractivity contribution in [2.24, 2.45) is 0 Å². The van der Waals surface area contributed by atoms with Gasteiger partial charge in [-0.1, -0.05) is 103 Å². The molecule has 0 fully saturated rings. The Morgan fingerprint density at radius 3 is 2.24 bits per heavy atom. The SMILES string of the molecule is Cc1csc2nc(C(=O)NCc3ccnc(OCCSc4ncn(C(c5ccccc5)(c5ccccc5)c5ccccc5)n4)c3)[nH]c(=O)c12. The molecule has 0 unspecified atom stereocenters. The fourth-order valence-corrected chi connectivity index (χ4v) is 7.33. The highest BCUT2D eigenvalue weighted by atomic mass is 32.2. The molecule has 12 heteroatoms. The minimum absolute atomic E-state index is 0.0218. The molecule has 0 aliphatic heterocycles. The lowest BCUT2D eigenvalue weighted by atomic mass is 9.77. The summed E-state index contributed by atoms with van der Waals surface area (Å²) in [6, 6.07) is 34.6. The van der Waals surface area contributed by atoms with E-state index in [0.29, 0.717) is 33.6 Å². The van der Waals surface area contributed by atoms with Gasteiger partial charge in [0.25, 0.3) is 11.5 Å². The summed E-state index contributed by atoms with van der Waals surface area (Å²) in [7, 11) is 0. The zero-order chi connectivity index (χ0) is 33.6. The van der Waals surface area contributed by atoms with Crippen molar-refractivity contribution in [3.05, 3.63) is 165 Å². The summed E-state index contributed by atoms with van der Waals surface area (Å²) in [5.74, 6) is 0.532. The molecule has 0 aliphatic carbocycles. The second-order valence-electron chi connectivity index (χ2n) is 11.2. The highest BCUT2D eigenvalue weighted by Gasteiger charge is 2.39. The first-order valence-corrected chi connectivity index (χ1v) is 17.4. The molecule has 0 saturated heterocycles. The molecule has 4 heterocycles. The maximum Gasteiger partial charge on any atom is 0.287 e. The number of pyridine rings is 1.